The molecule has 0 saturated heterocycles. The van der Waals surface area contributed by atoms with Gasteiger partial charge in [-0.3, -0.25) is 0 Å². The summed E-state index contributed by atoms with van der Waals surface area (Å²) in [5.41, 5.74) is 1.40. The third-order valence-electron chi connectivity index (χ3n) is 1.83. The molecule has 0 aromatic carbocycles. The van der Waals surface area contributed by atoms with E-state index in [0.29, 0.717) is 0 Å². The Balaban J connectivity index is 3.32. The summed E-state index contributed by atoms with van der Waals surface area (Å²) in [6.45, 7) is 13.0. The van der Waals surface area contributed by atoms with Crippen LogP contribution in [0.15, 0.2) is 12.2 Å². The van der Waals surface area contributed by atoms with Crippen LogP contribution in [-0.2, 0) is 0 Å². The van der Waals surface area contributed by atoms with Crippen LogP contribution in [0.3, 0.4) is 0 Å². The van der Waals surface area contributed by atoms with Crippen LogP contribution < -0.4 is 0 Å². The molecule has 0 unspecified atom stereocenters. The molecule has 12 heavy (non-hydrogen) atoms. The molecule has 0 aromatic heterocycles. The van der Waals surface area contributed by atoms with Gasteiger partial charge < -0.3 is 0 Å². The molecule has 0 heterocycles. The Morgan fingerprint density at radius 2 is 1.83 bits per heavy atom. The third kappa shape index (κ3) is 7.91. The van der Waals surface area contributed by atoms with E-state index in [-0.39, 0.29) is 0 Å². The van der Waals surface area contributed by atoms with Crippen LogP contribution in [0.1, 0.15) is 40.5 Å². The molecule has 0 fully saturated rings. The highest BCUT2D eigenvalue weighted by molar-refractivity contribution is 6.37. The van der Waals surface area contributed by atoms with Crippen molar-refractivity contribution in [3.05, 3.63) is 12.2 Å². The Kier molecular flexibility index (Phi) is 6.23. The van der Waals surface area contributed by atoms with Crippen LogP contribution in [0.25, 0.3) is 0 Å². The Bertz CT molecular complexity index is 125. The fraction of sp³-hybridized carbons (Fsp3) is 0.818. The molecule has 0 nitrogen and oxygen atoms in total. The molecule has 0 saturated carbocycles. The molecule has 1 radical (unpaired) electrons. The first kappa shape index (κ1) is 11.8. The zero-order chi connectivity index (χ0) is 9.56. The van der Waals surface area contributed by atoms with Gasteiger partial charge in [0, 0.05) is 0 Å². The molecule has 0 aliphatic heterocycles. The number of allylic oxidation sites excluding steroid dienone is 1. The highest BCUT2D eigenvalue weighted by Gasteiger charge is 2.00. The average molecular weight is 165 g/mol. The molecule has 69 valence electrons. The Hall–Kier alpha value is -0.195. The molecule has 0 atom stereocenters. The van der Waals surface area contributed by atoms with Gasteiger partial charge in [-0.2, -0.15) is 0 Å². The molecule has 0 amide bonds. The van der Waals surface area contributed by atoms with E-state index in [1.807, 2.05) is 0 Å². The molecule has 0 spiro atoms. The van der Waals surface area contributed by atoms with Crippen molar-refractivity contribution in [2.24, 2.45) is 5.92 Å². The number of rotatable bonds is 6. The molecular weight excluding hydrogens is 143 g/mol. The minimum atomic E-state index is 0.719. The van der Waals surface area contributed by atoms with E-state index in [9.17, 15) is 0 Å². The van der Waals surface area contributed by atoms with Crippen molar-refractivity contribution in [1.82, 2.24) is 0 Å². The van der Waals surface area contributed by atoms with Gasteiger partial charge in [0.15, 0.2) is 0 Å². The zero-order valence-corrected chi connectivity index (χ0v) is 9.06. The standard InChI is InChI=1S/C11H22B/c1-9(2)8-11(5)6-7-12-10(3)4/h9-10H,5-8H2,1-4H3. The van der Waals surface area contributed by atoms with Crippen molar-refractivity contribution >= 4 is 7.28 Å². The minimum absolute atomic E-state index is 0.719. The monoisotopic (exact) mass is 165 g/mol. The van der Waals surface area contributed by atoms with Gasteiger partial charge in [0.05, 0.1) is 0 Å². The lowest BCUT2D eigenvalue weighted by Crippen LogP contribution is -1.97. The summed E-state index contributed by atoms with van der Waals surface area (Å²) >= 11 is 0. The average Bonchev–Trinajstić information content (AvgIpc) is 1.84. The van der Waals surface area contributed by atoms with Gasteiger partial charge in [-0.05, 0) is 18.8 Å². The second kappa shape index (κ2) is 6.34. The van der Waals surface area contributed by atoms with Gasteiger partial charge in [0.2, 0.25) is 0 Å². The van der Waals surface area contributed by atoms with Gasteiger partial charge in [0.25, 0.3) is 0 Å². The highest BCUT2D eigenvalue weighted by Crippen LogP contribution is 2.15. The van der Waals surface area contributed by atoms with Crippen molar-refractivity contribution in [3.63, 3.8) is 0 Å². The van der Waals surface area contributed by atoms with Crippen LogP contribution in [0.5, 0.6) is 0 Å². The Morgan fingerprint density at radius 1 is 1.25 bits per heavy atom. The van der Waals surface area contributed by atoms with E-state index in [0.717, 1.165) is 11.7 Å². The quantitative estimate of drug-likeness (QED) is 0.413. The van der Waals surface area contributed by atoms with Crippen molar-refractivity contribution in [1.29, 1.82) is 0 Å². The predicted octanol–water partition coefficient (Wildman–Crippen LogP) is 3.93. The van der Waals surface area contributed by atoms with Gasteiger partial charge in [0.1, 0.15) is 7.28 Å². The third-order valence-corrected chi connectivity index (χ3v) is 1.83. The Morgan fingerprint density at radius 3 is 2.25 bits per heavy atom. The molecular formula is C11H22B. The maximum Gasteiger partial charge on any atom is 0.113 e. The van der Waals surface area contributed by atoms with E-state index in [1.54, 1.807) is 0 Å². The first-order valence-electron chi connectivity index (χ1n) is 5.02. The maximum absolute atomic E-state index is 4.07. The number of hydrogen-bond donors (Lipinski definition) is 0. The van der Waals surface area contributed by atoms with Crippen LogP contribution >= 0.6 is 0 Å². The van der Waals surface area contributed by atoms with E-state index in [1.165, 1.54) is 24.7 Å². The van der Waals surface area contributed by atoms with Crippen LogP contribution in [0.2, 0.25) is 12.1 Å². The lowest BCUT2D eigenvalue weighted by molar-refractivity contribution is 0.631. The first-order valence-corrected chi connectivity index (χ1v) is 5.02. The first-order chi connectivity index (χ1) is 5.52. The van der Waals surface area contributed by atoms with E-state index in [2.05, 4.69) is 41.6 Å². The topological polar surface area (TPSA) is 0 Å². The fourth-order valence-corrected chi connectivity index (χ4v) is 1.30. The zero-order valence-electron chi connectivity index (χ0n) is 9.06. The summed E-state index contributed by atoms with van der Waals surface area (Å²) in [5, 5.41) is 0. The molecule has 0 aliphatic rings. The van der Waals surface area contributed by atoms with Crippen LogP contribution in [-0.4, -0.2) is 7.28 Å². The lowest BCUT2D eigenvalue weighted by atomic mass is 9.62. The molecule has 0 bridgehead atoms. The van der Waals surface area contributed by atoms with E-state index in [4.69, 9.17) is 0 Å². The summed E-state index contributed by atoms with van der Waals surface area (Å²) < 4.78 is 0. The second-order valence-corrected chi connectivity index (χ2v) is 4.37. The summed E-state index contributed by atoms with van der Waals surface area (Å²) in [6, 6.07) is 0. The fourth-order valence-electron chi connectivity index (χ4n) is 1.30. The largest absolute Gasteiger partial charge is 0.113 e. The summed E-state index contributed by atoms with van der Waals surface area (Å²) in [4.78, 5) is 0. The normalized spacial score (nSPS) is 10.8. The molecule has 1 heteroatoms. The molecule has 0 aromatic rings. The highest BCUT2D eigenvalue weighted by atomic mass is 14.0. The molecule has 0 N–H and O–H groups in total. The smallest absolute Gasteiger partial charge is 0.0999 e. The minimum Gasteiger partial charge on any atom is -0.0999 e. The van der Waals surface area contributed by atoms with Crippen molar-refractivity contribution in [2.75, 3.05) is 0 Å². The summed E-state index contributed by atoms with van der Waals surface area (Å²) in [7, 11) is 2.37. The SMILES string of the molecule is C=C(CC[B]C(C)C)CC(C)C. The summed E-state index contributed by atoms with van der Waals surface area (Å²) in [6.07, 6.45) is 3.56. The van der Waals surface area contributed by atoms with Gasteiger partial charge in [-0.25, -0.2) is 0 Å². The molecule has 0 aliphatic carbocycles. The van der Waals surface area contributed by atoms with E-state index >= 15 is 0 Å². The Labute approximate surface area is 78.7 Å². The predicted molar refractivity (Wildman–Crippen MR) is 58.9 cm³/mol. The van der Waals surface area contributed by atoms with Crippen LogP contribution in [0, 0.1) is 5.92 Å². The van der Waals surface area contributed by atoms with Gasteiger partial charge >= 0.3 is 0 Å². The van der Waals surface area contributed by atoms with Crippen molar-refractivity contribution in [2.45, 2.75) is 52.7 Å². The molecule has 0 rings (SSSR count). The number of hydrogen-bond acceptors (Lipinski definition) is 0. The van der Waals surface area contributed by atoms with E-state index < -0.39 is 0 Å². The van der Waals surface area contributed by atoms with Crippen molar-refractivity contribution in [3.8, 4) is 0 Å². The van der Waals surface area contributed by atoms with Gasteiger partial charge in [-0.15, -0.1) is 0 Å². The lowest BCUT2D eigenvalue weighted by Gasteiger charge is -2.08. The van der Waals surface area contributed by atoms with Crippen molar-refractivity contribution < 1.29 is 0 Å². The van der Waals surface area contributed by atoms with Gasteiger partial charge in [-0.1, -0.05) is 52.0 Å². The maximum atomic E-state index is 4.07. The second-order valence-electron chi connectivity index (χ2n) is 4.37. The summed E-state index contributed by atoms with van der Waals surface area (Å²) in [5.74, 6) is 1.48. The van der Waals surface area contributed by atoms with Crippen LogP contribution in [0.4, 0.5) is 0 Å².